The number of aliphatic hydroxyl groups is 1. The van der Waals surface area contributed by atoms with Crippen molar-refractivity contribution in [2.24, 2.45) is 17.3 Å². The summed E-state index contributed by atoms with van der Waals surface area (Å²) in [4.78, 5) is 4.11. The lowest BCUT2D eigenvalue weighted by molar-refractivity contribution is 0.0178. The molecule has 0 aromatic carbocycles. The molecule has 18 heavy (non-hydrogen) atoms. The zero-order valence-electron chi connectivity index (χ0n) is 10.7. The van der Waals surface area contributed by atoms with E-state index in [1.54, 1.807) is 12.5 Å². The predicted octanol–water partition coefficient (Wildman–Crippen LogP) is 2.27. The van der Waals surface area contributed by atoms with Crippen LogP contribution < -0.4 is 0 Å². The molecule has 4 atom stereocenters. The average Bonchev–Trinajstić information content (AvgIpc) is 3.11. The molecule has 1 aromatic rings. The molecule has 1 N–H and O–H groups in total. The Bertz CT molecular complexity index is 489. The van der Waals surface area contributed by atoms with Crippen molar-refractivity contribution in [3.05, 3.63) is 18.2 Å². The van der Waals surface area contributed by atoms with Gasteiger partial charge in [0.05, 0.1) is 29.7 Å². The van der Waals surface area contributed by atoms with Gasteiger partial charge in [-0.1, -0.05) is 6.42 Å². The molecule has 1 heterocycles. The van der Waals surface area contributed by atoms with Gasteiger partial charge >= 0.3 is 0 Å². The second-order valence-corrected chi connectivity index (χ2v) is 5.74. The molecule has 0 spiro atoms. The molecule has 4 nitrogen and oxygen atoms in total. The number of rotatable bonds is 3. The summed E-state index contributed by atoms with van der Waals surface area (Å²) in [6, 6.07) is 2.46. The van der Waals surface area contributed by atoms with E-state index >= 15 is 0 Å². The maximum atomic E-state index is 10.7. The van der Waals surface area contributed by atoms with Gasteiger partial charge in [0.15, 0.2) is 0 Å². The fourth-order valence-electron chi connectivity index (χ4n) is 3.99. The average molecular weight is 245 g/mol. The Kier molecular flexibility index (Phi) is 2.67. The van der Waals surface area contributed by atoms with E-state index in [0.717, 1.165) is 31.5 Å². The quantitative estimate of drug-likeness (QED) is 0.888. The summed E-state index contributed by atoms with van der Waals surface area (Å²) in [5, 5.41) is 20.3. The van der Waals surface area contributed by atoms with E-state index in [-0.39, 0.29) is 0 Å². The van der Waals surface area contributed by atoms with E-state index in [1.165, 1.54) is 6.42 Å². The first kappa shape index (κ1) is 11.7. The number of nitriles is 1. The molecule has 0 radical (unpaired) electrons. The molecule has 2 saturated carbocycles. The van der Waals surface area contributed by atoms with Gasteiger partial charge in [0.25, 0.3) is 0 Å². The van der Waals surface area contributed by atoms with Crippen molar-refractivity contribution in [2.75, 3.05) is 0 Å². The molecule has 0 saturated heterocycles. The maximum absolute atomic E-state index is 10.7. The Balaban J connectivity index is 1.96. The highest BCUT2D eigenvalue weighted by Gasteiger charge is 2.56. The summed E-state index contributed by atoms with van der Waals surface area (Å²) < 4.78 is 1.94. The lowest BCUT2D eigenvalue weighted by atomic mass is 9.69. The zero-order valence-corrected chi connectivity index (χ0v) is 10.7. The third-order valence-electron chi connectivity index (χ3n) is 4.96. The van der Waals surface area contributed by atoms with Crippen LogP contribution in [0, 0.1) is 28.6 Å². The van der Waals surface area contributed by atoms with E-state index < -0.39 is 11.5 Å². The number of aryl methyl sites for hydroxylation is 1. The maximum Gasteiger partial charge on any atom is 0.114 e. The van der Waals surface area contributed by atoms with Crippen LogP contribution in [-0.4, -0.2) is 14.7 Å². The summed E-state index contributed by atoms with van der Waals surface area (Å²) >= 11 is 0. The van der Waals surface area contributed by atoms with Gasteiger partial charge in [-0.05, 0) is 38.0 Å². The number of aromatic nitrogens is 2. The molecule has 0 aliphatic heterocycles. The van der Waals surface area contributed by atoms with Gasteiger partial charge in [0.1, 0.15) is 6.10 Å². The van der Waals surface area contributed by atoms with Crippen molar-refractivity contribution in [1.29, 1.82) is 5.26 Å². The number of fused-ring (bicyclic) bond motifs is 2. The van der Waals surface area contributed by atoms with Crippen molar-refractivity contribution < 1.29 is 5.11 Å². The van der Waals surface area contributed by atoms with Crippen LogP contribution in [0.25, 0.3) is 0 Å². The van der Waals surface area contributed by atoms with Crippen molar-refractivity contribution in [1.82, 2.24) is 9.55 Å². The van der Waals surface area contributed by atoms with Gasteiger partial charge in [-0.25, -0.2) is 4.98 Å². The lowest BCUT2D eigenvalue weighted by Crippen LogP contribution is -2.34. The molecule has 1 aromatic heterocycles. The molecule has 0 amide bonds. The number of nitrogens with zero attached hydrogens (tertiary/aromatic N) is 3. The third kappa shape index (κ3) is 1.44. The number of hydrogen-bond donors (Lipinski definition) is 1. The second kappa shape index (κ2) is 4.10. The van der Waals surface area contributed by atoms with Crippen LogP contribution in [0.3, 0.4) is 0 Å². The largest absolute Gasteiger partial charge is 0.385 e. The minimum atomic E-state index is -0.694. The fourth-order valence-corrected chi connectivity index (χ4v) is 3.99. The Labute approximate surface area is 107 Å². The van der Waals surface area contributed by atoms with Crippen molar-refractivity contribution in [3.63, 3.8) is 0 Å². The van der Waals surface area contributed by atoms with E-state index in [0.29, 0.717) is 11.8 Å². The Morgan fingerprint density at radius 1 is 1.67 bits per heavy atom. The number of aliphatic hydroxyl groups excluding tert-OH is 1. The summed E-state index contributed by atoms with van der Waals surface area (Å²) in [5.74, 6) is 1.00. The molecule has 2 aliphatic rings. The summed E-state index contributed by atoms with van der Waals surface area (Å²) in [7, 11) is 0. The Morgan fingerprint density at radius 2 is 2.50 bits per heavy atom. The molecule has 2 fully saturated rings. The smallest absolute Gasteiger partial charge is 0.114 e. The summed E-state index contributed by atoms with van der Waals surface area (Å²) in [5.41, 5.74) is 0.224. The zero-order chi connectivity index (χ0) is 12.8. The van der Waals surface area contributed by atoms with Gasteiger partial charge < -0.3 is 9.67 Å². The van der Waals surface area contributed by atoms with E-state index in [4.69, 9.17) is 0 Å². The van der Waals surface area contributed by atoms with Gasteiger partial charge in [-0.15, -0.1) is 0 Å². The molecule has 2 bridgehead atoms. The summed E-state index contributed by atoms with van der Waals surface area (Å²) in [6.45, 7) is 2.81. The predicted molar refractivity (Wildman–Crippen MR) is 66.4 cm³/mol. The monoisotopic (exact) mass is 245 g/mol. The van der Waals surface area contributed by atoms with E-state index in [9.17, 15) is 10.4 Å². The first-order valence-corrected chi connectivity index (χ1v) is 6.80. The molecule has 4 unspecified atom stereocenters. The van der Waals surface area contributed by atoms with Crippen molar-refractivity contribution in [3.8, 4) is 6.07 Å². The first-order valence-electron chi connectivity index (χ1n) is 6.80. The molecular formula is C14H19N3O. The normalized spacial score (nSPS) is 35.6. The van der Waals surface area contributed by atoms with Crippen molar-refractivity contribution in [2.45, 2.75) is 45.3 Å². The van der Waals surface area contributed by atoms with Crippen LogP contribution in [0.4, 0.5) is 0 Å². The molecule has 2 aliphatic carbocycles. The molecule has 4 heteroatoms. The fraction of sp³-hybridized carbons (Fsp3) is 0.714. The first-order chi connectivity index (χ1) is 8.71. The van der Waals surface area contributed by atoms with Crippen LogP contribution in [0.1, 0.15) is 44.4 Å². The van der Waals surface area contributed by atoms with Gasteiger partial charge in [0.2, 0.25) is 0 Å². The SMILES string of the molecule is CCn1cncc1C(O)C1(C#N)CC2CCC1C2. The standard InChI is InChI=1S/C14H19N3O/c1-2-17-9-16-7-12(17)13(18)14(8-15)6-10-3-4-11(14)5-10/h7,9-11,13,18H,2-6H2,1H3. The topological polar surface area (TPSA) is 61.8 Å². The number of imidazole rings is 1. The van der Waals surface area contributed by atoms with Gasteiger partial charge in [-0.3, -0.25) is 0 Å². The highest BCUT2D eigenvalue weighted by molar-refractivity contribution is 5.21. The lowest BCUT2D eigenvalue weighted by Gasteiger charge is -2.35. The van der Waals surface area contributed by atoms with Crippen LogP contribution >= 0.6 is 0 Å². The van der Waals surface area contributed by atoms with Crippen LogP contribution in [0.2, 0.25) is 0 Å². The second-order valence-electron chi connectivity index (χ2n) is 5.74. The number of hydrogen-bond acceptors (Lipinski definition) is 3. The van der Waals surface area contributed by atoms with Crippen LogP contribution in [0.15, 0.2) is 12.5 Å². The highest BCUT2D eigenvalue weighted by atomic mass is 16.3. The Hall–Kier alpha value is -1.34. The molecule has 3 rings (SSSR count). The van der Waals surface area contributed by atoms with E-state index in [2.05, 4.69) is 11.1 Å². The molecular weight excluding hydrogens is 226 g/mol. The Morgan fingerprint density at radius 3 is 3.06 bits per heavy atom. The highest BCUT2D eigenvalue weighted by Crippen LogP contribution is 2.60. The minimum absolute atomic E-state index is 0.364. The van der Waals surface area contributed by atoms with E-state index in [1.807, 2.05) is 11.5 Å². The van der Waals surface area contributed by atoms with Gasteiger partial charge in [0, 0.05) is 6.54 Å². The van der Waals surface area contributed by atoms with Gasteiger partial charge in [-0.2, -0.15) is 5.26 Å². The summed E-state index contributed by atoms with van der Waals surface area (Å²) in [6.07, 6.45) is 7.04. The van der Waals surface area contributed by atoms with Crippen molar-refractivity contribution >= 4 is 0 Å². The molecule has 96 valence electrons. The minimum Gasteiger partial charge on any atom is -0.385 e. The third-order valence-corrected chi connectivity index (χ3v) is 4.96. The van der Waals surface area contributed by atoms with Crippen LogP contribution in [-0.2, 0) is 6.54 Å². The van der Waals surface area contributed by atoms with Crippen LogP contribution in [0.5, 0.6) is 0 Å².